The van der Waals surface area contributed by atoms with Crippen LogP contribution in [-0.4, -0.2) is 24.5 Å². The number of quaternary nitrogens is 1. The fourth-order valence-corrected chi connectivity index (χ4v) is 3.76. The van der Waals surface area contributed by atoms with E-state index < -0.39 is 16.5 Å². The molecule has 10 heteroatoms. The monoisotopic (exact) mass is 420 g/mol. The van der Waals surface area contributed by atoms with Gasteiger partial charge in [-0.2, -0.15) is 8.78 Å². The highest BCUT2D eigenvalue weighted by Gasteiger charge is 2.48. The molecule has 154 valence electrons. The summed E-state index contributed by atoms with van der Waals surface area (Å²) in [5.41, 5.74) is 2.82. The third kappa shape index (κ3) is 2.84. The molecule has 4 aromatic rings. The molecule has 1 aliphatic rings. The van der Waals surface area contributed by atoms with Gasteiger partial charge in [0, 0.05) is 54.6 Å². The number of pyridine rings is 3. The molecule has 0 spiro atoms. The summed E-state index contributed by atoms with van der Waals surface area (Å²) >= 11 is 0. The zero-order valence-electron chi connectivity index (χ0n) is 16.3. The zero-order valence-corrected chi connectivity index (χ0v) is 16.3. The molecule has 0 saturated carbocycles. The minimum absolute atomic E-state index is 0.0249. The standard InChI is InChI=1S/C21H16F2N7O/c1-13-19(14-6-7-18-26-15(12-31)11-29(18)10-14)27-28-30(13,16-4-2-8-24-20(16)22)17-5-3-9-25-21(17)23/h2-11,31H,12H2,1H3/q+1. The molecule has 8 nitrogen and oxygen atoms in total. The Balaban J connectivity index is 1.75. The van der Waals surface area contributed by atoms with Crippen molar-refractivity contribution in [3.8, 4) is 0 Å². The molecule has 0 amide bonds. The zero-order chi connectivity index (χ0) is 21.6. The summed E-state index contributed by atoms with van der Waals surface area (Å²) < 4.78 is 30.7. The van der Waals surface area contributed by atoms with E-state index in [0.29, 0.717) is 28.3 Å². The molecule has 0 aliphatic carbocycles. The number of aliphatic hydroxyl groups is 1. The number of aromatic nitrogens is 4. The third-order valence-electron chi connectivity index (χ3n) is 5.22. The van der Waals surface area contributed by atoms with Gasteiger partial charge in [0.15, 0.2) is 11.4 Å². The van der Waals surface area contributed by atoms with E-state index in [-0.39, 0.29) is 18.0 Å². The summed E-state index contributed by atoms with van der Waals surface area (Å²) in [5, 5.41) is 18.0. The van der Waals surface area contributed by atoms with E-state index in [9.17, 15) is 13.9 Å². The van der Waals surface area contributed by atoms with Crippen molar-refractivity contribution in [3.63, 3.8) is 0 Å². The first kappa shape index (κ1) is 19.1. The molecule has 0 unspecified atom stereocenters. The first-order valence-corrected chi connectivity index (χ1v) is 9.39. The minimum atomic E-state index is -0.789. The predicted molar refractivity (Wildman–Crippen MR) is 108 cm³/mol. The van der Waals surface area contributed by atoms with E-state index in [2.05, 4.69) is 25.3 Å². The Morgan fingerprint density at radius 1 is 0.968 bits per heavy atom. The van der Waals surface area contributed by atoms with Crippen molar-refractivity contribution in [1.29, 1.82) is 0 Å². The van der Waals surface area contributed by atoms with E-state index in [1.54, 1.807) is 48.0 Å². The molecular weight excluding hydrogens is 404 g/mol. The van der Waals surface area contributed by atoms with Gasteiger partial charge < -0.3 is 9.51 Å². The molecule has 1 aliphatic heterocycles. The summed E-state index contributed by atoms with van der Waals surface area (Å²) in [6.07, 6.45) is 6.10. The van der Waals surface area contributed by atoms with Gasteiger partial charge in [-0.3, -0.25) is 0 Å². The Morgan fingerprint density at radius 2 is 1.65 bits per heavy atom. The molecule has 0 aromatic carbocycles. The van der Waals surface area contributed by atoms with E-state index in [1.165, 1.54) is 24.5 Å². The summed E-state index contributed by atoms with van der Waals surface area (Å²) in [6, 6.07) is 9.66. The Hall–Kier alpha value is -3.89. The van der Waals surface area contributed by atoms with Crippen LogP contribution >= 0.6 is 0 Å². The quantitative estimate of drug-likeness (QED) is 0.394. The number of fused-ring (bicyclic) bond motifs is 1. The second-order valence-electron chi connectivity index (χ2n) is 6.96. The largest absolute Gasteiger partial charge is 0.390 e. The fourth-order valence-electron chi connectivity index (χ4n) is 3.76. The lowest BCUT2D eigenvalue weighted by Gasteiger charge is -2.26. The lowest BCUT2D eigenvalue weighted by atomic mass is 10.1. The molecule has 31 heavy (non-hydrogen) atoms. The van der Waals surface area contributed by atoms with E-state index in [0.717, 1.165) is 0 Å². The van der Waals surface area contributed by atoms with Gasteiger partial charge >= 0.3 is 0 Å². The van der Waals surface area contributed by atoms with E-state index in [4.69, 9.17) is 0 Å². The average molecular weight is 420 g/mol. The molecule has 0 fully saturated rings. The van der Waals surface area contributed by atoms with Gasteiger partial charge in [-0.1, -0.05) is 9.71 Å². The third-order valence-corrected chi connectivity index (χ3v) is 5.22. The predicted octanol–water partition coefficient (Wildman–Crippen LogP) is 4.30. The number of nitrogens with zero attached hydrogens (tertiary/aromatic N) is 7. The van der Waals surface area contributed by atoms with Crippen molar-refractivity contribution in [1.82, 2.24) is 23.9 Å². The Morgan fingerprint density at radius 3 is 2.26 bits per heavy atom. The van der Waals surface area contributed by atoms with Gasteiger partial charge in [-0.25, -0.2) is 15.0 Å². The van der Waals surface area contributed by atoms with Crippen LogP contribution in [0.4, 0.5) is 20.2 Å². The number of rotatable bonds is 4. The molecule has 5 heterocycles. The van der Waals surface area contributed by atoms with Crippen molar-refractivity contribution >= 4 is 22.7 Å². The van der Waals surface area contributed by atoms with Crippen molar-refractivity contribution in [2.45, 2.75) is 13.5 Å². The molecule has 0 saturated heterocycles. The van der Waals surface area contributed by atoms with Gasteiger partial charge in [0.2, 0.25) is 11.4 Å². The van der Waals surface area contributed by atoms with Crippen LogP contribution < -0.4 is 4.59 Å². The first-order valence-electron chi connectivity index (χ1n) is 9.39. The van der Waals surface area contributed by atoms with Crippen LogP contribution in [0, 0.1) is 11.9 Å². The number of allylic oxidation sites excluding steroid dienone is 1. The van der Waals surface area contributed by atoms with E-state index in [1.807, 2.05) is 0 Å². The summed E-state index contributed by atoms with van der Waals surface area (Å²) in [5.74, 6) is -1.58. The van der Waals surface area contributed by atoms with Gasteiger partial charge in [0.05, 0.1) is 12.3 Å². The van der Waals surface area contributed by atoms with Gasteiger partial charge in [-0.15, -0.1) is 0 Å². The highest BCUT2D eigenvalue weighted by molar-refractivity contribution is 5.76. The second kappa shape index (κ2) is 7.11. The Bertz CT molecular complexity index is 1330. The summed E-state index contributed by atoms with van der Waals surface area (Å²) in [4.78, 5) is 11.7. The summed E-state index contributed by atoms with van der Waals surface area (Å²) in [7, 11) is 0. The van der Waals surface area contributed by atoms with Crippen LogP contribution in [0.2, 0.25) is 0 Å². The Labute approximate surface area is 175 Å². The second-order valence-corrected chi connectivity index (χ2v) is 6.96. The van der Waals surface area contributed by atoms with Crippen molar-refractivity contribution < 1.29 is 13.9 Å². The lowest BCUT2D eigenvalue weighted by Crippen LogP contribution is -2.36. The maximum atomic E-state index is 14.8. The van der Waals surface area contributed by atoms with Gasteiger partial charge in [0.25, 0.3) is 11.9 Å². The SMILES string of the molecule is CC1=C(c2ccc3nc(CO)cn3c2)N=N[N+]1(c1cccnc1F)c1cccnc1F. The van der Waals surface area contributed by atoms with Crippen LogP contribution in [0.3, 0.4) is 0 Å². The number of hydrogen-bond acceptors (Lipinski definition) is 6. The molecule has 0 radical (unpaired) electrons. The van der Waals surface area contributed by atoms with Crippen molar-refractivity contribution in [2.24, 2.45) is 10.3 Å². The number of hydrogen-bond donors (Lipinski definition) is 1. The molecular formula is C21H16F2N7O+. The highest BCUT2D eigenvalue weighted by atomic mass is 19.1. The minimum Gasteiger partial charge on any atom is -0.390 e. The van der Waals surface area contributed by atoms with Crippen LogP contribution in [0.1, 0.15) is 18.2 Å². The normalized spacial score (nSPS) is 15.2. The van der Waals surface area contributed by atoms with Crippen LogP contribution in [0.15, 0.2) is 77.2 Å². The fraction of sp³-hybridized carbons (Fsp3) is 0.0952. The smallest absolute Gasteiger partial charge is 0.277 e. The topological polar surface area (TPSA) is 88.0 Å². The van der Waals surface area contributed by atoms with Crippen molar-refractivity contribution in [3.05, 3.63) is 90.0 Å². The number of imidazole rings is 1. The Kier molecular flexibility index (Phi) is 4.38. The average Bonchev–Trinajstić information content (AvgIpc) is 3.35. The maximum absolute atomic E-state index is 14.8. The lowest BCUT2D eigenvalue weighted by molar-refractivity contribution is 0.277. The highest BCUT2D eigenvalue weighted by Crippen LogP contribution is 2.48. The van der Waals surface area contributed by atoms with Gasteiger partial charge in [0.1, 0.15) is 5.65 Å². The summed E-state index contributed by atoms with van der Waals surface area (Å²) in [6.45, 7) is 1.53. The van der Waals surface area contributed by atoms with Crippen LogP contribution in [0.25, 0.3) is 11.3 Å². The molecule has 1 N–H and O–H groups in total. The maximum Gasteiger partial charge on any atom is 0.277 e. The first-order chi connectivity index (χ1) is 15.0. The van der Waals surface area contributed by atoms with Crippen LogP contribution in [-0.2, 0) is 6.61 Å². The molecule has 4 aromatic heterocycles. The molecule has 0 atom stereocenters. The molecule has 0 bridgehead atoms. The van der Waals surface area contributed by atoms with Crippen molar-refractivity contribution in [2.75, 3.05) is 0 Å². The molecule has 5 rings (SSSR count). The number of halogens is 2. The van der Waals surface area contributed by atoms with E-state index >= 15 is 0 Å². The van der Waals surface area contributed by atoms with Crippen LogP contribution in [0.5, 0.6) is 0 Å². The van der Waals surface area contributed by atoms with Gasteiger partial charge in [-0.05, 0) is 24.3 Å². The number of aliphatic hydroxyl groups excluding tert-OH is 1.